The van der Waals surface area contributed by atoms with Crippen molar-refractivity contribution >= 4 is 6.08 Å². The first-order valence-electron chi connectivity index (χ1n) is 4.75. The van der Waals surface area contributed by atoms with Gasteiger partial charge in [0.15, 0.2) is 0 Å². The third-order valence-corrected chi connectivity index (χ3v) is 1.91. The molecule has 0 heterocycles. The number of alkyl halides is 3. The second-order valence-corrected chi connectivity index (χ2v) is 3.72. The van der Waals surface area contributed by atoms with Crippen LogP contribution in [0.1, 0.15) is 25.0 Å². The Balaban J connectivity index is 2.82. The van der Waals surface area contributed by atoms with Crippen LogP contribution >= 0.6 is 0 Å². The Hall–Kier alpha value is -1.25. The summed E-state index contributed by atoms with van der Waals surface area (Å²) in [5, 5.41) is 0. The fraction of sp³-hybridized carbons (Fsp3) is 0.333. The number of hydrogen-bond acceptors (Lipinski definition) is 0. The van der Waals surface area contributed by atoms with Gasteiger partial charge in [-0.15, -0.1) is 0 Å². The number of benzene rings is 1. The first-order chi connectivity index (χ1) is 6.89. The van der Waals surface area contributed by atoms with Gasteiger partial charge in [-0.05, 0) is 23.6 Å². The summed E-state index contributed by atoms with van der Waals surface area (Å²) in [4.78, 5) is 0. The molecule has 0 spiro atoms. The van der Waals surface area contributed by atoms with Crippen molar-refractivity contribution in [3.8, 4) is 0 Å². The molecular formula is C12H13F3. The third-order valence-electron chi connectivity index (χ3n) is 1.91. The topological polar surface area (TPSA) is 0 Å². The second-order valence-electron chi connectivity index (χ2n) is 3.72. The maximum atomic E-state index is 12.2. The van der Waals surface area contributed by atoms with Crippen LogP contribution in [0.5, 0.6) is 0 Å². The zero-order chi connectivity index (χ0) is 11.5. The molecule has 0 aromatic heterocycles. The van der Waals surface area contributed by atoms with E-state index in [1.54, 1.807) is 0 Å². The maximum absolute atomic E-state index is 12.2. The van der Waals surface area contributed by atoms with Gasteiger partial charge in [0.05, 0.1) is 5.56 Å². The summed E-state index contributed by atoms with van der Waals surface area (Å²) in [7, 11) is 0. The SMILES string of the molecule is CC(C)/C=C/c1ccc(C(F)(F)F)cc1. The van der Waals surface area contributed by atoms with E-state index in [-0.39, 0.29) is 0 Å². The molecule has 0 radical (unpaired) electrons. The van der Waals surface area contributed by atoms with Gasteiger partial charge >= 0.3 is 6.18 Å². The van der Waals surface area contributed by atoms with Gasteiger partial charge < -0.3 is 0 Å². The molecule has 0 nitrogen and oxygen atoms in total. The van der Waals surface area contributed by atoms with Gasteiger partial charge in [-0.1, -0.05) is 38.1 Å². The van der Waals surface area contributed by atoms with E-state index in [2.05, 4.69) is 0 Å². The third kappa shape index (κ3) is 3.78. The molecule has 0 bridgehead atoms. The lowest BCUT2D eigenvalue weighted by atomic mass is 10.1. The highest BCUT2D eigenvalue weighted by Gasteiger charge is 2.29. The fourth-order valence-electron chi connectivity index (χ4n) is 1.09. The molecule has 82 valence electrons. The van der Waals surface area contributed by atoms with Crippen molar-refractivity contribution in [1.82, 2.24) is 0 Å². The summed E-state index contributed by atoms with van der Waals surface area (Å²) in [6.45, 7) is 4.03. The van der Waals surface area contributed by atoms with Crippen LogP contribution in [0.2, 0.25) is 0 Å². The number of allylic oxidation sites excluding steroid dienone is 1. The van der Waals surface area contributed by atoms with Crippen LogP contribution in [0.4, 0.5) is 13.2 Å². The molecule has 0 saturated heterocycles. The van der Waals surface area contributed by atoms with Crippen molar-refractivity contribution in [3.05, 3.63) is 41.5 Å². The quantitative estimate of drug-likeness (QED) is 0.685. The molecule has 1 rings (SSSR count). The lowest BCUT2D eigenvalue weighted by Crippen LogP contribution is -2.03. The largest absolute Gasteiger partial charge is 0.416 e. The van der Waals surface area contributed by atoms with Crippen molar-refractivity contribution in [2.75, 3.05) is 0 Å². The summed E-state index contributed by atoms with van der Waals surface area (Å²) in [6.07, 6.45) is -0.478. The predicted octanol–water partition coefficient (Wildman–Crippen LogP) is 4.37. The van der Waals surface area contributed by atoms with Crippen molar-refractivity contribution in [2.45, 2.75) is 20.0 Å². The molecule has 15 heavy (non-hydrogen) atoms. The van der Waals surface area contributed by atoms with Gasteiger partial charge in [-0.3, -0.25) is 0 Å². The van der Waals surface area contributed by atoms with Crippen molar-refractivity contribution < 1.29 is 13.2 Å². The molecular weight excluding hydrogens is 201 g/mol. The van der Waals surface area contributed by atoms with Crippen LogP contribution in [-0.4, -0.2) is 0 Å². The Bertz CT molecular complexity index is 331. The van der Waals surface area contributed by atoms with Gasteiger partial charge in [-0.25, -0.2) is 0 Å². The average Bonchev–Trinajstić information content (AvgIpc) is 2.14. The summed E-state index contributed by atoms with van der Waals surface area (Å²) < 4.78 is 36.6. The minimum absolute atomic E-state index is 0.396. The molecule has 0 saturated carbocycles. The molecule has 0 aliphatic carbocycles. The van der Waals surface area contributed by atoms with Gasteiger partial charge in [0.1, 0.15) is 0 Å². The summed E-state index contributed by atoms with van der Waals surface area (Å²) in [5.41, 5.74) is 0.181. The van der Waals surface area contributed by atoms with Gasteiger partial charge in [0.25, 0.3) is 0 Å². The number of hydrogen-bond donors (Lipinski definition) is 0. The lowest BCUT2D eigenvalue weighted by Gasteiger charge is -2.06. The van der Waals surface area contributed by atoms with Crippen LogP contribution < -0.4 is 0 Å². The Kier molecular flexibility index (Phi) is 3.56. The molecule has 3 heteroatoms. The Morgan fingerprint density at radius 2 is 1.60 bits per heavy atom. The average molecular weight is 214 g/mol. The molecule has 0 unspecified atom stereocenters. The lowest BCUT2D eigenvalue weighted by molar-refractivity contribution is -0.137. The van der Waals surface area contributed by atoms with Crippen LogP contribution in [0.3, 0.4) is 0 Å². The van der Waals surface area contributed by atoms with Gasteiger partial charge in [0, 0.05) is 0 Å². The Labute approximate surface area is 87.4 Å². The van der Waals surface area contributed by atoms with Crippen molar-refractivity contribution in [2.24, 2.45) is 5.92 Å². The van der Waals surface area contributed by atoms with Gasteiger partial charge in [-0.2, -0.15) is 13.2 Å². The van der Waals surface area contributed by atoms with E-state index >= 15 is 0 Å². The predicted molar refractivity (Wildman–Crippen MR) is 55.3 cm³/mol. The minimum Gasteiger partial charge on any atom is -0.166 e. The standard InChI is InChI=1S/C12H13F3/c1-9(2)3-4-10-5-7-11(8-6-10)12(13,14)15/h3-9H,1-2H3/b4-3+. The molecule has 0 aliphatic rings. The Morgan fingerprint density at radius 3 is 2.00 bits per heavy atom. The summed E-state index contributed by atoms with van der Waals surface area (Å²) in [5.74, 6) is 0.396. The molecule has 0 aliphatic heterocycles. The van der Waals surface area contributed by atoms with Crippen molar-refractivity contribution in [1.29, 1.82) is 0 Å². The number of rotatable bonds is 2. The van der Waals surface area contributed by atoms with E-state index in [9.17, 15) is 13.2 Å². The van der Waals surface area contributed by atoms with Crippen LogP contribution in [0.15, 0.2) is 30.3 Å². The van der Waals surface area contributed by atoms with Gasteiger partial charge in [0.2, 0.25) is 0 Å². The van der Waals surface area contributed by atoms with Crippen LogP contribution in [0, 0.1) is 5.92 Å². The Morgan fingerprint density at radius 1 is 1.07 bits per heavy atom. The highest BCUT2D eigenvalue weighted by atomic mass is 19.4. The number of halogens is 3. The first-order valence-corrected chi connectivity index (χ1v) is 4.75. The normalized spacial score (nSPS) is 12.7. The second kappa shape index (κ2) is 4.51. The molecule has 0 atom stereocenters. The monoisotopic (exact) mass is 214 g/mol. The van der Waals surface area contributed by atoms with E-state index in [1.807, 2.05) is 26.0 Å². The van der Waals surface area contributed by atoms with Crippen LogP contribution in [-0.2, 0) is 6.18 Å². The molecule has 1 aromatic carbocycles. The van der Waals surface area contributed by atoms with Crippen LogP contribution in [0.25, 0.3) is 6.08 Å². The zero-order valence-corrected chi connectivity index (χ0v) is 8.68. The highest BCUT2D eigenvalue weighted by Crippen LogP contribution is 2.29. The molecule has 0 N–H and O–H groups in total. The fourth-order valence-corrected chi connectivity index (χ4v) is 1.09. The molecule has 1 aromatic rings. The smallest absolute Gasteiger partial charge is 0.166 e. The van der Waals surface area contributed by atoms with E-state index in [1.165, 1.54) is 12.1 Å². The van der Waals surface area contributed by atoms with E-state index < -0.39 is 11.7 Å². The first kappa shape index (κ1) is 11.8. The minimum atomic E-state index is -4.25. The van der Waals surface area contributed by atoms with Crippen molar-refractivity contribution in [3.63, 3.8) is 0 Å². The van der Waals surface area contributed by atoms with E-state index in [0.29, 0.717) is 5.92 Å². The zero-order valence-electron chi connectivity index (χ0n) is 8.68. The summed E-state index contributed by atoms with van der Waals surface area (Å²) in [6, 6.07) is 5.14. The molecule has 0 amide bonds. The van der Waals surface area contributed by atoms with E-state index in [0.717, 1.165) is 17.7 Å². The van der Waals surface area contributed by atoms with E-state index in [4.69, 9.17) is 0 Å². The highest BCUT2D eigenvalue weighted by molar-refractivity contribution is 5.50. The summed E-state index contributed by atoms with van der Waals surface area (Å²) >= 11 is 0. The molecule has 0 fully saturated rings. The maximum Gasteiger partial charge on any atom is 0.416 e.